The first-order chi connectivity index (χ1) is 8.20. The van der Waals surface area contributed by atoms with Crippen LogP contribution in [-0.4, -0.2) is 12.1 Å². The van der Waals surface area contributed by atoms with Crippen molar-refractivity contribution < 1.29 is 9.47 Å². The number of pyridine rings is 1. The molecule has 0 saturated heterocycles. The van der Waals surface area contributed by atoms with Crippen LogP contribution in [0.15, 0.2) is 36.4 Å². The molecule has 0 atom stereocenters. The summed E-state index contributed by atoms with van der Waals surface area (Å²) in [4.78, 5) is 4.15. The molecule has 2 rings (SSSR count). The molecular formula is C12H11IN2O2. The minimum absolute atomic E-state index is 0.369. The first-order valence-electron chi connectivity index (χ1n) is 4.93. The number of halogens is 1. The van der Waals surface area contributed by atoms with Crippen molar-refractivity contribution in [2.75, 3.05) is 12.8 Å². The fraction of sp³-hybridized carbons (Fsp3) is 0.0833. The molecule has 2 N–H and O–H groups in total. The number of nitrogens with two attached hydrogens (primary N) is 1. The van der Waals surface area contributed by atoms with Gasteiger partial charge in [-0.15, -0.1) is 0 Å². The number of aromatic nitrogens is 1. The number of hydrogen-bond acceptors (Lipinski definition) is 4. The number of rotatable bonds is 3. The first-order valence-corrected chi connectivity index (χ1v) is 6.01. The van der Waals surface area contributed by atoms with Crippen LogP contribution in [0.5, 0.6) is 17.5 Å². The average molecular weight is 342 g/mol. The van der Waals surface area contributed by atoms with Crippen LogP contribution in [0.1, 0.15) is 0 Å². The van der Waals surface area contributed by atoms with Crippen LogP contribution >= 0.6 is 22.6 Å². The third-order valence-corrected chi connectivity index (χ3v) is 3.00. The van der Waals surface area contributed by atoms with Crippen LogP contribution in [0.2, 0.25) is 0 Å². The molecule has 0 aliphatic heterocycles. The molecule has 17 heavy (non-hydrogen) atoms. The number of benzene rings is 1. The van der Waals surface area contributed by atoms with E-state index < -0.39 is 0 Å². The van der Waals surface area contributed by atoms with Crippen molar-refractivity contribution in [3.63, 3.8) is 0 Å². The lowest BCUT2D eigenvalue weighted by Crippen LogP contribution is -1.97. The Balaban J connectivity index is 2.28. The van der Waals surface area contributed by atoms with Crippen LogP contribution in [-0.2, 0) is 0 Å². The van der Waals surface area contributed by atoms with Crippen LogP contribution in [0, 0.1) is 3.57 Å². The lowest BCUT2D eigenvalue weighted by atomic mass is 10.3. The fourth-order valence-electron chi connectivity index (χ4n) is 1.29. The van der Waals surface area contributed by atoms with Gasteiger partial charge in [0.15, 0.2) is 0 Å². The standard InChI is InChI=1S/C12H11IN2O2/c1-16-12-9(14)6-7-11(15-12)17-10-5-3-2-4-8(10)13/h2-7H,14H2,1H3. The second-order valence-electron chi connectivity index (χ2n) is 3.28. The zero-order valence-corrected chi connectivity index (χ0v) is 11.3. The number of nitrogen functional groups attached to an aromatic ring is 1. The van der Waals surface area contributed by atoms with Crippen molar-refractivity contribution in [1.29, 1.82) is 0 Å². The van der Waals surface area contributed by atoms with E-state index in [0.717, 1.165) is 9.32 Å². The molecule has 0 aliphatic carbocycles. The Bertz CT molecular complexity index is 532. The molecule has 88 valence electrons. The minimum atomic E-state index is 0.369. The highest BCUT2D eigenvalue weighted by molar-refractivity contribution is 14.1. The fourth-order valence-corrected chi connectivity index (χ4v) is 1.79. The van der Waals surface area contributed by atoms with E-state index >= 15 is 0 Å². The molecular weight excluding hydrogens is 331 g/mol. The van der Waals surface area contributed by atoms with Crippen molar-refractivity contribution in [3.8, 4) is 17.5 Å². The number of nitrogens with zero attached hydrogens (tertiary/aromatic N) is 1. The molecule has 0 saturated carbocycles. The van der Waals surface area contributed by atoms with Crippen molar-refractivity contribution in [3.05, 3.63) is 40.0 Å². The molecule has 0 spiro atoms. The molecule has 0 unspecified atom stereocenters. The predicted molar refractivity (Wildman–Crippen MR) is 74.4 cm³/mol. The molecule has 1 heterocycles. The Morgan fingerprint density at radius 1 is 1.18 bits per heavy atom. The Labute approximate surface area is 113 Å². The van der Waals surface area contributed by atoms with Crippen LogP contribution in [0.3, 0.4) is 0 Å². The van der Waals surface area contributed by atoms with Crippen molar-refractivity contribution in [1.82, 2.24) is 4.98 Å². The summed E-state index contributed by atoms with van der Waals surface area (Å²) in [5.74, 6) is 1.58. The molecule has 0 fully saturated rings. The Hall–Kier alpha value is -1.50. The quantitative estimate of drug-likeness (QED) is 0.871. The number of ether oxygens (including phenoxy) is 2. The lowest BCUT2D eigenvalue weighted by molar-refractivity contribution is 0.385. The van der Waals surface area contributed by atoms with Crippen molar-refractivity contribution in [2.24, 2.45) is 0 Å². The van der Waals surface area contributed by atoms with Gasteiger partial charge in [0.2, 0.25) is 11.8 Å². The SMILES string of the molecule is COc1nc(Oc2ccccc2I)ccc1N. The number of hydrogen-bond donors (Lipinski definition) is 1. The second-order valence-corrected chi connectivity index (χ2v) is 4.44. The molecule has 2 aromatic rings. The van der Waals surface area contributed by atoms with Crippen molar-refractivity contribution >= 4 is 28.3 Å². The third-order valence-electron chi connectivity index (χ3n) is 2.11. The predicted octanol–water partition coefficient (Wildman–Crippen LogP) is 3.07. The zero-order chi connectivity index (χ0) is 12.3. The van der Waals surface area contributed by atoms with E-state index in [4.69, 9.17) is 15.2 Å². The van der Waals surface area contributed by atoms with E-state index in [1.165, 1.54) is 7.11 Å². The Morgan fingerprint density at radius 3 is 2.65 bits per heavy atom. The summed E-state index contributed by atoms with van der Waals surface area (Å²) in [6, 6.07) is 11.1. The van der Waals surface area contributed by atoms with Gasteiger partial charge >= 0.3 is 0 Å². The van der Waals surface area contributed by atoms with Gasteiger partial charge < -0.3 is 15.2 Å². The number of anilines is 1. The normalized spacial score (nSPS) is 10.0. The van der Waals surface area contributed by atoms with Crippen LogP contribution in [0.25, 0.3) is 0 Å². The number of para-hydroxylation sites is 1. The molecule has 4 nitrogen and oxygen atoms in total. The second kappa shape index (κ2) is 5.22. The number of methoxy groups -OCH3 is 1. The van der Waals surface area contributed by atoms with Crippen LogP contribution in [0.4, 0.5) is 5.69 Å². The summed E-state index contributed by atoms with van der Waals surface area (Å²) in [6.45, 7) is 0. The molecule has 5 heteroatoms. The molecule has 0 aliphatic rings. The Kier molecular flexibility index (Phi) is 3.68. The van der Waals surface area contributed by atoms with Crippen LogP contribution < -0.4 is 15.2 Å². The highest BCUT2D eigenvalue weighted by Crippen LogP contribution is 2.28. The highest BCUT2D eigenvalue weighted by Gasteiger charge is 2.06. The van der Waals surface area contributed by atoms with Gasteiger partial charge in [0, 0.05) is 6.07 Å². The third kappa shape index (κ3) is 2.79. The molecule has 0 bridgehead atoms. The van der Waals surface area contributed by atoms with Gasteiger partial charge in [-0.25, -0.2) is 0 Å². The van der Waals surface area contributed by atoms with Crippen molar-refractivity contribution in [2.45, 2.75) is 0 Å². The molecule has 1 aromatic carbocycles. The van der Waals surface area contributed by atoms with Gasteiger partial charge in [-0.2, -0.15) is 4.98 Å². The van der Waals surface area contributed by atoms with E-state index in [1.807, 2.05) is 24.3 Å². The summed E-state index contributed by atoms with van der Waals surface area (Å²) < 4.78 is 11.7. The topological polar surface area (TPSA) is 57.4 Å². The molecule has 1 aromatic heterocycles. The van der Waals surface area contributed by atoms with Gasteiger partial charge in [0.1, 0.15) is 5.75 Å². The summed E-state index contributed by atoms with van der Waals surface area (Å²) in [7, 11) is 1.52. The maximum absolute atomic E-state index is 5.68. The van der Waals surface area contributed by atoms with Gasteiger partial charge in [-0.1, -0.05) is 12.1 Å². The lowest BCUT2D eigenvalue weighted by Gasteiger charge is -2.08. The van der Waals surface area contributed by atoms with E-state index in [1.54, 1.807) is 12.1 Å². The minimum Gasteiger partial charge on any atom is -0.479 e. The zero-order valence-electron chi connectivity index (χ0n) is 9.18. The summed E-state index contributed by atoms with van der Waals surface area (Å²) in [5, 5.41) is 0. The van der Waals surface area contributed by atoms with E-state index in [0.29, 0.717) is 17.4 Å². The largest absolute Gasteiger partial charge is 0.479 e. The Morgan fingerprint density at radius 2 is 1.94 bits per heavy atom. The van der Waals surface area contributed by atoms with E-state index in [-0.39, 0.29) is 0 Å². The van der Waals surface area contributed by atoms with Gasteiger partial charge in [0.25, 0.3) is 0 Å². The molecule has 0 amide bonds. The summed E-state index contributed by atoms with van der Waals surface area (Å²) >= 11 is 2.20. The van der Waals surface area contributed by atoms with Gasteiger partial charge in [-0.3, -0.25) is 0 Å². The summed E-state index contributed by atoms with van der Waals surface area (Å²) in [5.41, 5.74) is 6.17. The average Bonchev–Trinajstić information content (AvgIpc) is 2.34. The monoisotopic (exact) mass is 342 g/mol. The smallest absolute Gasteiger partial charge is 0.240 e. The van der Waals surface area contributed by atoms with Gasteiger partial charge in [0.05, 0.1) is 16.4 Å². The van der Waals surface area contributed by atoms with E-state index in [2.05, 4.69) is 27.6 Å². The van der Waals surface area contributed by atoms with E-state index in [9.17, 15) is 0 Å². The van der Waals surface area contributed by atoms with Gasteiger partial charge in [-0.05, 0) is 40.8 Å². The first kappa shape index (κ1) is 12.0. The summed E-state index contributed by atoms with van der Waals surface area (Å²) in [6.07, 6.45) is 0. The highest BCUT2D eigenvalue weighted by atomic mass is 127. The molecule has 0 radical (unpaired) electrons. The maximum atomic E-state index is 5.68. The maximum Gasteiger partial charge on any atom is 0.240 e.